The van der Waals surface area contributed by atoms with E-state index in [1.165, 1.54) is 212 Å². The molecule has 0 spiro atoms. The Balaban J connectivity index is 3.57. The van der Waals surface area contributed by atoms with Crippen LogP contribution in [-0.4, -0.2) is 57.3 Å². The fraction of sp³-hybridized carbons (Fsp3) is 0.941. The first kappa shape index (κ1) is 56.0. The molecule has 0 bridgehead atoms. The Morgan fingerprint density at radius 3 is 1.05 bits per heavy atom. The standard InChI is InChI=1S/C51H101NO5/c1-3-5-7-9-11-13-15-17-18-19-20-21-22-23-24-25-26-27-28-29-30-31-32-33-35-37-39-41-43-45-49(55)51(57)52-47(46-53)50(56)48(54)44-42-40-38-36-34-16-14-12-10-8-6-4-2/h36,38,47-50,53-56H,3-35,37,39-46H2,1-2H3,(H,52,57)/b38-36+. The molecule has 4 unspecified atom stereocenters. The molecule has 0 heterocycles. The summed E-state index contributed by atoms with van der Waals surface area (Å²) in [5.41, 5.74) is 0. The van der Waals surface area contributed by atoms with Crippen LogP contribution in [0.2, 0.25) is 0 Å². The molecule has 0 aromatic carbocycles. The number of nitrogens with one attached hydrogen (secondary N) is 1. The van der Waals surface area contributed by atoms with Gasteiger partial charge in [-0.05, 0) is 38.5 Å². The number of amides is 1. The van der Waals surface area contributed by atoms with Crippen molar-refractivity contribution in [2.75, 3.05) is 6.61 Å². The number of aliphatic hydroxyl groups excluding tert-OH is 4. The zero-order valence-corrected chi connectivity index (χ0v) is 38.4. The largest absolute Gasteiger partial charge is 0.394 e. The van der Waals surface area contributed by atoms with Gasteiger partial charge in [0.15, 0.2) is 0 Å². The summed E-state index contributed by atoms with van der Waals surface area (Å²) in [5, 5.41) is 43.7. The highest BCUT2D eigenvalue weighted by Crippen LogP contribution is 2.18. The molecule has 0 aliphatic heterocycles. The van der Waals surface area contributed by atoms with Gasteiger partial charge >= 0.3 is 0 Å². The monoisotopic (exact) mass is 808 g/mol. The number of aliphatic hydroxyl groups is 4. The Morgan fingerprint density at radius 1 is 0.421 bits per heavy atom. The van der Waals surface area contributed by atoms with Gasteiger partial charge < -0.3 is 25.7 Å². The number of rotatable bonds is 47. The second-order valence-corrected chi connectivity index (χ2v) is 17.9. The van der Waals surface area contributed by atoms with E-state index in [0.717, 1.165) is 38.5 Å². The van der Waals surface area contributed by atoms with Gasteiger partial charge in [-0.1, -0.05) is 251 Å². The van der Waals surface area contributed by atoms with E-state index in [4.69, 9.17) is 0 Å². The first-order valence-electron chi connectivity index (χ1n) is 25.6. The van der Waals surface area contributed by atoms with Crippen LogP contribution in [0.25, 0.3) is 0 Å². The summed E-state index contributed by atoms with van der Waals surface area (Å²) in [4.78, 5) is 12.5. The van der Waals surface area contributed by atoms with Crippen LogP contribution in [0.3, 0.4) is 0 Å². The van der Waals surface area contributed by atoms with Crippen LogP contribution >= 0.6 is 0 Å². The lowest BCUT2D eigenvalue weighted by atomic mass is 10.00. The molecule has 0 aromatic heterocycles. The van der Waals surface area contributed by atoms with E-state index in [1.807, 2.05) is 0 Å². The third kappa shape index (κ3) is 40.2. The lowest BCUT2D eigenvalue weighted by Gasteiger charge is -2.27. The van der Waals surface area contributed by atoms with Crippen LogP contribution in [0, 0.1) is 0 Å². The molecule has 5 N–H and O–H groups in total. The molecule has 4 atom stereocenters. The molecule has 0 aliphatic rings. The van der Waals surface area contributed by atoms with Crippen LogP contribution in [0.15, 0.2) is 12.2 Å². The summed E-state index contributed by atoms with van der Waals surface area (Å²) in [6, 6.07) is -0.997. The van der Waals surface area contributed by atoms with Crippen molar-refractivity contribution in [3.05, 3.63) is 12.2 Å². The van der Waals surface area contributed by atoms with Gasteiger partial charge in [-0.15, -0.1) is 0 Å². The molecule has 0 rings (SSSR count). The molecule has 0 aliphatic carbocycles. The molecular weight excluding hydrogens is 707 g/mol. The van der Waals surface area contributed by atoms with Crippen LogP contribution < -0.4 is 5.32 Å². The highest BCUT2D eigenvalue weighted by atomic mass is 16.3. The van der Waals surface area contributed by atoms with Gasteiger partial charge in [0, 0.05) is 0 Å². The number of unbranched alkanes of at least 4 members (excludes halogenated alkanes) is 36. The molecule has 0 fully saturated rings. The predicted molar refractivity (Wildman–Crippen MR) is 247 cm³/mol. The van der Waals surface area contributed by atoms with Gasteiger partial charge in [0.25, 0.3) is 0 Å². The Hall–Kier alpha value is -0.950. The van der Waals surface area contributed by atoms with Crippen molar-refractivity contribution in [1.29, 1.82) is 0 Å². The van der Waals surface area contributed by atoms with Crippen molar-refractivity contribution in [3.63, 3.8) is 0 Å². The van der Waals surface area contributed by atoms with Crippen LogP contribution in [0.5, 0.6) is 0 Å². The molecule has 6 nitrogen and oxygen atoms in total. The average molecular weight is 808 g/mol. The minimum absolute atomic E-state index is 0.368. The molecule has 0 radical (unpaired) electrons. The molecule has 6 heteroatoms. The summed E-state index contributed by atoms with van der Waals surface area (Å²) in [5.74, 6) is -0.589. The van der Waals surface area contributed by atoms with Crippen LogP contribution in [0.4, 0.5) is 0 Å². The molecule has 1 amide bonds. The quantitative estimate of drug-likeness (QED) is 0.0311. The van der Waals surface area contributed by atoms with Gasteiger partial charge in [0.2, 0.25) is 5.91 Å². The maximum Gasteiger partial charge on any atom is 0.249 e. The van der Waals surface area contributed by atoms with Gasteiger partial charge in [-0.25, -0.2) is 0 Å². The highest BCUT2D eigenvalue weighted by molar-refractivity contribution is 5.80. The van der Waals surface area contributed by atoms with Crippen molar-refractivity contribution in [1.82, 2.24) is 5.32 Å². The Kier molecular flexibility index (Phi) is 45.4. The maximum absolute atomic E-state index is 12.5. The minimum atomic E-state index is -1.28. The Bertz CT molecular complexity index is 821. The highest BCUT2D eigenvalue weighted by Gasteiger charge is 2.28. The topological polar surface area (TPSA) is 110 Å². The number of hydrogen-bond donors (Lipinski definition) is 5. The molecule has 57 heavy (non-hydrogen) atoms. The van der Waals surface area contributed by atoms with Crippen LogP contribution in [-0.2, 0) is 4.79 Å². The van der Waals surface area contributed by atoms with E-state index in [0.29, 0.717) is 12.8 Å². The van der Waals surface area contributed by atoms with Gasteiger partial charge in [-0.2, -0.15) is 0 Å². The van der Waals surface area contributed by atoms with E-state index in [-0.39, 0.29) is 0 Å². The van der Waals surface area contributed by atoms with Crippen molar-refractivity contribution in [3.8, 4) is 0 Å². The summed E-state index contributed by atoms with van der Waals surface area (Å²) >= 11 is 0. The van der Waals surface area contributed by atoms with Crippen molar-refractivity contribution in [2.24, 2.45) is 0 Å². The van der Waals surface area contributed by atoms with Crippen molar-refractivity contribution in [2.45, 2.75) is 301 Å². The summed E-state index contributed by atoms with van der Waals surface area (Å²) in [6.07, 6.45) is 52.8. The molecule has 340 valence electrons. The van der Waals surface area contributed by atoms with Gasteiger partial charge in [0.1, 0.15) is 12.2 Å². The summed E-state index contributed by atoms with van der Waals surface area (Å²) in [7, 11) is 0. The normalized spacial score (nSPS) is 14.0. The van der Waals surface area contributed by atoms with E-state index >= 15 is 0 Å². The predicted octanol–water partition coefficient (Wildman–Crippen LogP) is 14.1. The van der Waals surface area contributed by atoms with E-state index in [2.05, 4.69) is 31.3 Å². The third-order valence-electron chi connectivity index (χ3n) is 12.2. The maximum atomic E-state index is 12.5. The van der Waals surface area contributed by atoms with Crippen LogP contribution in [0.1, 0.15) is 277 Å². The van der Waals surface area contributed by atoms with Gasteiger partial charge in [-0.3, -0.25) is 4.79 Å². The molecule has 0 aromatic rings. The molecule has 0 saturated carbocycles. The Labute approximate surface area is 355 Å². The second kappa shape index (κ2) is 46.1. The third-order valence-corrected chi connectivity index (χ3v) is 12.2. The van der Waals surface area contributed by atoms with E-state index in [1.54, 1.807) is 0 Å². The Morgan fingerprint density at radius 2 is 0.719 bits per heavy atom. The number of carbonyl (C=O) groups excluding carboxylic acids is 1. The number of hydrogen-bond acceptors (Lipinski definition) is 5. The van der Waals surface area contributed by atoms with E-state index < -0.39 is 36.9 Å². The fourth-order valence-electron chi connectivity index (χ4n) is 8.17. The van der Waals surface area contributed by atoms with E-state index in [9.17, 15) is 25.2 Å². The lowest BCUT2D eigenvalue weighted by molar-refractivity contribution is -0.132. The number of carbonyl (C=O) groups is 1. The summed E-state index contributed by atoms with van der Waals surface area (Å²) < 4.78 is 0. The average Bonchev–Trinajstić information content (AvgIpc) is 3.22. The fourth-order valence-corrected chi connectivity index (χ4v) is 8.17. The summed E-state index contributed by atoms with van der Waals surface area (Å²) in [6.45, 7) is 4.05. The first-order valence-corrected chi connectivity index (χ1v) is 25.6. The zero-order chi connectivity index (χ0) is 41.7. The second-order valence-electron chi connectivity index (χ2n) is 17.9. The first-order chi connectivity index (χ1) is 28.0. The van der Waals surface area contributed by atoms with Gasteiger partial charge in [0.05, 0.1) is 18.8 Å². The van der Waals surface area contributed by atoms with Crippen molar-refractivity contribution >= 4 is 5.91 Å². The zero-order valence-electron chi connectivity index (χ0n) is 38.4. The molecule has 0 saturated heterocycles. The number of allylic oxidation sites excluding steroid dienone is 2. The smallest absolute Gasteiger partial charge is 0.249 e. The van der Waals surface area contributed by atoms with Crippen molar-refractivity contribution < 1.29 is 25.2 Å². The lowest BCUT2D eigenvalue weighted by Crippen LogP contribution is -2.53. The minimum Gasteiger partial charge on any atom is -0.394 e. The molecular formula is C51H101NO5. The SMILES string of the molecule is CCCCCCCCC/C=C/CCCC(O)C(O)C(CO)NC(=O)C(O)CCCCCCCCCCCCCCCCCCCCCCCCCCCCCCC.